The summed E-state index contributed by atoms with van der Waals surface area (Å²) < 4.78 is 0. The van der Waals surface area contributed by atoms with Gasteiger partial charge in [-0.2, -0.15) is 0 Å². The van der Waals surface area contributed by atoms with Gasteiger partial charge in [-0.3, -0.25) is 9.59 Å². The van der Waals surface area contributed by atoms with E-state index in [2.05, 4.69) is 0 Å². The molecule has 7 nitrogen and oxygen atoms in total. The SMILES string of the molecule is CC(=O)N1CC(O)CC1C(=O)N1CCCC1C(=O)O. The third-order valence-corrected chi connectivity index (χ3v) is 3.79. The Kier molecular flexibility index (Phi) is 3.75. The summed E-state index contributed by atoms with van der Waals surface area (Å²) in [6.07, 6.45) is 0.555. The second-order valence-electron chi connectivity index (χ2n) is 5.10. The van der Waals surface area contributed by atoms with Gasteiger partial charge in [-0.05, 0) is 12.8 Å². The van der Waals surface area contributed by atoms with E-state index < -0.39 is 24.2 Å². The van der Waals surface area contributed by atoms with Crippen molar-refractivity contribution in [3.8, 4) is 0 Å². The fourth-order valence-corrected chi connectivity index (χ4v) is 2.87. The van der Waals surface area contributed by atoms with E-state index in [4.69, 9.17) is 5.11 Å². The van der Waals surface area contributed by atoms with Crippen molar-refractivity contribution >= 4 is 17.8 Å². The van der Waals surface area contributed by atoms with Crippen molar-refractivity contribution in [1.82, 2.24) is 9.80 Å². The monoisotopic (exact) mass is 270 g/mol. The first-order valence-corrected chi connectivity index (χ1v) is 6.40. The molecule has 2 N–H and O–H groups in total. The van der Waals surface area contributed by atoms with Crippen molar-refractivity contribution in [2.24, 2.45) is 0 Å². The molecule has 0 radical (unpaired) electrons. The molecule has 2 saturated heterocycles. The lowest BCUT2D eigenvalue weighted by molar-refractivity contribution is -0.151. The van der Waals surface area contributed by atoms with E-state index in [1.165, 1.54) is 16.7 Å². The number of likely N-dealkylation sites (tertiary alicyclic amines) is 2. The fraction of sp³-hybridized carbons (Fsp3) is 0.750. The van der Waals surface area contributed by atoms with Gasteiger partial charge in [-0.15, -0.1) is 0 Å². The van der Waals surface area contributed by atoms with Crippen LogP contribution in [-0.4, -0.2) is 69.1 Å². The van der Waals surface area contributed by atoms with Crippen LogP contribution in [0, 0.1) is 0 Å². The summed E-state index contributed by atoms with van der Waals surface area (Å²) in [5, 5.41) is 18.7. The van der Waals surface area contributed by atoms with Crippen LogP contribution in [0.4, 0.5) is 0 Å². The molecule has 2 aliphatic heterocycles. The number of hydrogen-bond acceptors (Lipinski definition) is 4. The maximum atomic E-state index is 12.4. The molecule has 106 valence electrons. The number of nitrogens with zero attached hydrogens (tertiary/aromatic N) is 2. The Labute approximate surface area is 110 Å². The minimum atomic E-state index is -1.02. The molecule has 0 aromatic rings. The molecule has 0 bridgehead atoms. The largest absolute Gasteiger partial charge is 0.480 e. The van der Waals surface area contributed by atoms with Crippen LogP contribution in [-0.2, 0) is 14.4 Å². The van der Waals surface area contributed by atoms with Crippen LogP contribution >= 0.6 is 0 Å². The number of carboxylic acid groups (broad SMARTS) is 1. The Hall–Kier alpha value is -1.63. The summed E-state index contributed by atoms with van der Waals surface area (Å²) in [5.74, 6) is -1.66. The van der Waals surface area contributed by atoms with Crippen LogP contribution in [0.2, 0.25) is 0 Å². The maximum Gasteiger partial charge on any atom is 0.326 e. The zero-order valence-corrected chi connectivity index (χ0v) is 10.8. The minimum Gasteiger partial charge on any atom is -0.480 e. The van der Waals surface area contributed by atoms with E-state index >= 15 is 0 Å². The molecule has 2 aliphatic rings. The van der Waals surface area contributed by atoms with Gasteiger partial charge in [0.2, 0.25) is 11.8 Å². The highest BCUT2D eigenvalue weighted by molar-refractivity contribution is 5.91. The van der Waals surface area contributed by atoms with Gasteiger partial charge in [0, 0.05) is 26.4 Å². The number of aliphatic carboxylic acids is 1. The van der Waals surface area contributed by atoms with E-state index in [-0.39, 0.29) is 24.8 Å². The molecular formula is C12H18N2O5. The maximum absolute atomic E-state index is 12.4. The van der Waals surface area contributed by atoms with Crippen molar-refractivity contribution in [3.05, 3.63) is 0 Å². The van der Waals surface area contributed by atoms with Gasteiger partial charge in [-0.1, -0.05) is 0 Å². The number of carbonyl (C=O) groups excluding carboxylic acids is 2. The predicted octanol–water partition coefficient (Wildman–Crippen LogP) is -0.956. The summed E-state index contributed by atoms with van der Waals surface area (Å²) in [6, 6.07) is -1.54. The molecule has 2 heterocycles. The minimum absolute atomic E-state index is 0.136. The van der Waals surface area contributed by atoms with E-state index in [0.29, 0.717) is 19.4 Å². The van der Waals surface area contributed by atoms with Gasteiger partial charge >= 0.3 is 5.97 Å². The lowest BCUT2D eigenvalue weighted by Gasteiger charge is -2.29. The lowest BCUT2D eigenvalue weighted by atomic mass is 10.1. The number of β-amino-alcohol motifs (C(OH)–C–C–N with tert-alkyl or cyclic N) is 1. The summed E-state index contributed by atoms with van der Waals surface area (Å²) >= 11 is 0. The third-order valence-electron chi connectivity index (χ3n) is 3.79. The van der Waals surface area contributed by atoms with Crippen molar-refractivity contribution in [2.75, 3.05) is 13.1 Å². The van der Waals surface area contributed by atoms with Crippen molar-refractivity contribution < 1.29 is 24.6 Å². The van der Waals surface area contributed by atoms with Crippen LogP contribution < -0.4 is 0 Å². The van der Waals surface area contributed by atoms with Gasteiger partial charge in [0.1, 0.15) is 12.1 Å². The Balaban J connectivity index is 2.14. The van der Waals surface area contributed by atoms with Crippen molar-refractivity contribution in [3.63, 3.8) is 0 Å². The molecule has 3 atom stereocenters. The topological polar surface area (TPSA) is 98.2 Å². The van der Waals surface area contributed by atoms with Gasteiger partial charge in [-0.25, -0.2) is 4.79 Å². The number of aliphatic hydroxyl groups excluding tert-OH is 1. The molecule has 0 saturated carbocycles. The molecule has 7 heteroatoms. The first-order valence-electron chi connectivity index (χ1n) is 6.40. The van der Waals surface area contributed by atoms with E-state index in [1.54, 1.807) is 0 Å². The summed E-state index contributed by atoms with van der Waals surface area (Å²) in [4.78, 5) is 37.6. The summed E-state index contributed by atoms with van der Waals surface area (Å²) in [6.45, 7) is 1.88. The highest BCUT2D eigenvalue weighted by atomic mass is 16.4. The second kappa shape index (κ2) is 5.16. The first-order chi connectivity index (χ1) is 8.91. The average molecular weight is 270 g/mol. The number of aliphatic hydroxyl groups is 1. The molecule has 19 heavy (non-hydrogen) atoms. The molecular weight excluding hydrogens is 252 g/mol. The van der Waals surface area contributed by atoms with Gasteiger partial charge in [0.05, 0.1) is 6.10 Å². The average Bonchev–Trinajstić information content (AvgIpc) is 2.93. The van der Waals surface area contributed by atoms with Crippen LogP contribution in [0.5, 0.6) is 0 Å². The first kappa shape index (κ1) is 13.8. The zero-order valence-electron chi connectivity index (χ0n) is 10.8. The molecule has 2 amide bonds. The molecule has 3 unspecified atom stereocenters. The number of rotatable bonds is 2. The van der Waals surface area contributed by atoms with Crippen LogP contribution in [0.3, 0.4) is 0 Å². The van der Waals surface area contributed by atoms with Crippen LogP contribution in [0.15, 0.2) is 0 Å². The quantitative estimate of drug-likeness (QED) is 0.673. The Morgan fingerprint density at radius 3 is 2.42 bits per heavy atom. The molecule has 0 aliphatic carbocycles. The summed E-state index contributed by atoms with van der Waals surface area (Å²) in [5.41, 5.74) is 0. The third kappa shape index (κ3) is 2.56. The zero-order chi connectivity index (χ0) is 14.2. The number of carboxylic acids is 1. The smallest absolute Gasteiger partial charge is 0.326 e. The van der Waals surface area contributed by atoms with Crippen LogP contribution in [0.1, 0.15) is 26.2 Å². The normalized spacial score (nSPS) is 30.7. The molecule has 2 fully saturated rings. The van der Waals surface area contributed by atoms with E-state index in [0.717, 1.165) is 0 Å². The molecule has 0 spiro atoms. The standard InChI is InChI=1S/C12H18N2O5/c1-7(15)14-6-8(16)5-10(14)11(17)13-4-2-3-9(13)12(18)19/h8-10,16H,2-6H2,1H3,(H,18,19). The van der Waals surface area contributed by atoms with Crippen LogP contribution in [0.25, 0.3) is 0 Å². The molecule has 0 aromatic heterocycles. The second-order valence-corrected chi connectivity index (χ2v) is 5.10. The van der Waals surface area contributed by atoms with Gasteiger partial charge in [0.15, 0.2) is 0 Å². The highest BCUT2D eigenvalue weighted by Gasteiger charge is 2.43. The molecule has 0 aromatic carbocycles. The van der Waals surface area contributed by atoms with Gasteiger partial charge in [0.25, 0.3) is 0 Å². The highest BCUT2D eigenvalue weighted by Crippen LogP contribution is 2.25. The Morgan fingerprint density at radius 2 is 1.84 bits per heavy atom. The number of carbonyl (C=O) groups is 3. The van der Waals surface area contributed by atoms with E-state index in [9.17, 15) is 19.5 Å². The van der Waals surface area contributed by atoms with Crippen molar-refractivity contribution in [1.29, 1.82) is 0 Å². The lowest BCUT2D eigenvalue weighted by Crippen LogP contribution is -2.50. The Bertz CT molecular complexity index is 411. The number of hydrogen-bond donors (Lipinski definition) is 2. The number of amides is 2. The molecule has 2 rings (SSSR count). The van der Waals surface area contributed by atoms with Crippen molar-refractivity contribution in [2.45, 2.75) is 44.4 Å². The van der Waals surface area contributed by atoms with Gasteiger partial charge < -0.3 is 20.0 Å². The van der Waals surface area contributed by atoms with E-state index in [1.807, 2.05) is 0 Å². The fourth-order valence-electron chi connectivity index (χ4n) is 2.87. The Morgan fingerprint density at radius 1 is 1.16 bits per heavy atom. The predicted molar refractivity (Wildman–Crippen MR) is 64.2 cm³/mol. The summed E-state index contributed by atoms with van der Waals surface area (Å²) in [7, 11) is 0.